The number of phenolic OH excluding ortho intramolecular Hbond substituents is 1. The second kappa shape index (κ2) is 4.06. The van der Waals surface area contributed by atoms with Crippen LogP contribution in [0.5, 0.6) is 5.75 Å². The number of rotatable bonds is 1. The summed E-state index contributed by atoms with van der Waals surface area (Å²) in [5.74, 6) is 0.260. The molecule has 84 valence electrons. The summed E-state index contributed by atoms with van der Waals surface area (Å²) < 4.78 is 1.17. The summed E-state index contributed by atoms with van der Waals surface area (Å²) in [4.78, 5) is 0. The Morgan fingerprint density at radius 2 is 1.88 bits per heavy atom. The van der Waals surface area contributed by atoms with Crippen LogP contribution >= 0.6 is 22.9 Å². The fourth-order valence-electron chi connectivity index (χ4n) is 1.93. The molecule has 0 aliphatic heterocycles. The second-order valence-corrected chi connectivity index (χ2v) is 5.16. The molecule has 0 fully saturated rings. The summed E-state index contributed by atoms with van der Waals surface area (Å²) >= 11 is 7.65. The Morgan fingerprint density at radius 1 is 1.00 bits per heavy atom. The SMILES string of the molecule is Oc1ccc(Cl)cc1-c1cccc2ccsc12. The lowest BCUT2D eigenvalue weighted by atomic mass is 10.0. The molecule has 1 heterocycles. The molecule has 0 saturated carbocycles. The molecule has 1 aromatic heterocycles. The maximum Gasteiger partial charge on any atom is 0.123 e. The summed E-state index contributed by atoms with van der Waals surface area (Å²) in [6.45, 7) is 0. The quantitative estimate of drug-likeness (QED) is 0.658. The van der Waals surface area contributed by atoms with Gasteiger partial charge in [-0.15, -0.1) is 11.3 Å². The standard InChI is InChI=1S/C14H9ClOS/c15-10-4-5-13(16)12(8-10)11-3-1-2-9-6-7-17-14(9)11/h1-8,16H. The van der Waals surface area contributed by atoms with E-state index in [1.807, 2.05) is 12.1 Å². The predicted molar refractivity (Wildman–Crippen MR) is 73.9 cm³/mol. The monoisotopic (exact) mass is 260 g/mol. The van der Waals surface area contributed by atoms with Gasteiger partial charge in [0, 0.05) is 20.8 Å². The average Bonchev–Trinajstić information content (AvgIpc) is 2.80. The Kier molecular flexibility index (Phi) is 2.54. The van der Waals surface area contributed by atoms with E-state index in [1.54, 1.807) is 29.5 Å². The minimum absolute atomic E-state index is 0.260. The molecule has 0 bridgehead atoms. The largest absolute Gasteiger partial charge is 0.507 e. The Balaban J connectivity index is 2.34. The van der Waals surface area contributed by atoms with Crippen molar-refractivity contribution in [2.45, 2.75) is 0 Å². The summed E-state index contributed by atoms with van der Waals surface area (Å²) in [6.07, 6.45) is 0. The lowest BCUT2D eigenvalue weighted by molar-refractivity contribution is 0.477. The molecule has 3 aromatic rings. The predicted octanol–water partition coefficient (Wildman–Crippen LogP) is 4.93. The lowest BCUT2D eigenvalue weighted by Crippen LogP contribution is -1.79. The van der Waals surface area contributed by atoms with E-state index in [1.165, 1.54) is 10.1 Å². The number of benzene rings is 2. The summed E-state index contributed by atoms with van der Waals surface area (Å²) in [5.41, 5.74) is 1.81. The lowest BCUT2D eigenvalue weighted by Gasteiger charge is -2.06. The van der Waals surface area contributed by atoms with Gasteiger partial charge in [0.2, 0.25) is 0 Å². The highest BCUT2D eigenvalue weighted by Gasteiger charge is 2.09. The molecule has 17 heavy (non-hydrogen) atoms. The fraction of sp³-hybridized carbons (Fsp3) is 0. The van der Waals surface area contributed by atoms with Crippen LogP contribution in [0.3, 0.4) is 0 Å². The van der Waals surface area contributed by atoms with Crippen LogP contribution in [0.1, 0.15) is 0 Å². The maximum absolute atomic E-state index is 9.93. The van der Waals surface area contributed by atoms with Crippen LogP contribution in [-0.4, -0.2) is 5.11 Å². The molecular weight excluding hydrogens is 252 g/mol. The van der Waals surface area contributed by atoms with Crippen molar-refractivity contribution in [3.63, 3.8) is 0 Å². The number of hydrogen-bond acceptors (Lipinski definition) is 2. The summed E-state index contributed by atoms with van der Waals surface area (Å²) in [5, 5.41) is 13.8. The van der Waals surface area contributed by atoms with E-state index in [0.717, 1.165) is 11.1 Å². The highest BCUT2D eigenvalue weighted by atomic mass is 35.5. The van der Waals surface area contributed by atoms with Gasteiger partial charge in [0.05, 0.1) is 0 Å². The molecule has 0 radical (unpaired) electrons. The topological polar surface area (TPSA) is 20.2 Å². The van der Waals surface area contributed by atoms with E-state index in [9.17, 15) is 5.11 Å². The number of thiophene rings is 1. The van der Waals surface area contributed by atoms with Gasteiger partial charge in [-0.1, -0.05) is 29.8 Å². The van der Waals surface area contributed by atoms with Gasteiger partial charge in [0.1, 0.15) is 5.75 Å². The molecule has 3 heteroatoms. The number of phenols is 1. The van der Waals surface area contributed by atoms with Gasteiger partial charge < -0.3 is 5.11 Å². The zero-order chi connectivity index (χ0) is 11.8. The van der Waals surface area contributed by atoms with Gasteiger partial charge in [-0.05, 0) is 35.0 Å². The van der Waals surface area contributed by atoms with Crippen molar-refractivity contribution in [3.05, 3.63) is 52.9 Å². The van der Waals surface area contributed by atoms with Crippen molar-refractivity contribution in [3.8, 4) is 16.9 Å². The van der Waals surface area contributed by atoms with Gasteiger partial charge in [0.25, 0.3) is 0 Å². The van der Waals surface area contributed by atoms with Crippen molar-refractivity contribution in [2.24, 2.45) is 0 Å². The van der Waals surface area contributed by atoms with E-state index in [0.29, 0.717) is 5.02 Å². The second-order valence-electron chi connectivity index (χ2n) is 3.81. The van der Waals surface area contributed by atoms with Gasteiger partial charge in [-0.25, -0.2) is 0 Å². The molecule has 1 nitrogen and oxygen atoms in total. The van der Waals surface area contributed by atoms with Gasteiger partial charge in [-0.2, -0.15) is 0 Å². The molecule has 0 atom stereocenters. The van der Waals surface area contributed by atoms with E-state index in [4.69, 9.17) is 11.6 Å². The van der Waals surface area contributed by atoms with Crippen LogP contribution in [0.25, 0.3) is 21.2 Å². The first-order chi connectivity index (χ1) is 8.25. The number of halogens is 1. The molecule has 3 rings (SSSR count). The van der Waals surface area contributed by atoms with Crippen molar-refractivity contribution < 1.29 is 5.11 Å². The molecule has 0 aliphatic carbocycles. The van der Waals surface area contributed by atoms with Crippen LogP contribution in [0.2, 0.25) is 5.02 Å². The Labute approximate surface area is 108 Å². The summed E-state index contributed by atoms with van der Waals surface area (Å²) in [6, 6.07) is 13.3. The fourth-order valence-corrected chi connectivity index (χ4v) is 3.03. The molecule has 0 saturated heterocycles. The molecule has 0 aliphatic rings. The van der Waals surface area contributed by atoms with Crippen LogP contribution in [0, 0.1) is 0 Å². The van der Waals surface area contributed by atoms with Crippen molar-refractivity contribution in [2.75, 3.05) is 0 Å². The van der Waals surface area contributed by atoms with Crippen molar-refractivity contribution >= 4 is 33.0 Å². The third-order valence-corrected chi connectivity index (χ3v) is 3.93. The summed E-state index contributed by atoms with van der Waals surface area (Å²) in [7, 11) is 0. The van der Waals surface area contributed by atoms with Crippen LogP contribution in [0.15, 0.2) is 47.8 Å². The minimum atomic E-state index is 0.260. The minimum Gasteiger partial charge on any atom is -0.507 e. The zero-order valence-corrected chi connectivity index (χ0v) is 10.4. The molecule has 2 aromatic carbocycles. The van der Waals surface area contributed by atoms with E-state index in [-0.39, 0.29) is 5.75 Å². The Bertz CT molecular complexity index is 688. The molecule has 0 amide bonds. The Hall–Kier alpha value is -1.51. The normalized spacial score (nSPS) is 10.9. The number of fused-ring (bicyclic) bond motifs is 1. The molecule has 0 unspecified atom stereocenters. The van der Waals surface area contributed by atoms with Crippen molar-refractivity contribution in [1.82, 2.24) is 0 Å². The van der Waals surface area contributed by atoms with Crippen molar-refractivity contribution in [1.29, 1.82) is 0 Å². The first-order valence-corrected chi connectivity index (χ1v) is 6.46. The zero-order valence-electron chi connectivity index (χ0n) is 8.85. The van der Waals surface area contributed by atoms with Crippen LogP contribution in [0.4, 0.5) is 0 Å². The molecular formula is C14H9ClOS. The highest BCUT2D eigenvalue weighted by molar-refractivity contribution is 7.17. The molecule has 0 spiro atoms. The van der Waals surface area contributed by atoms with Gasteiger partial charge >= 0.3 is 0 Å². The first kappa shape index (κ1) is 10.6. The smallest absolute Gasteiger partial charge is 0.123 e. The highest BCUT2D eigenvalue weighted by Crippen LogP contribution is 2.38. The maximum atomic E-state index is 9.93. The third-order valence-electron chi connectivity index (χ3n) is 2.73. The van der Waals surface area contributed by atoms with Crippen LogP contribution < -0.4 is 0 Å². The van der Waals surface area contributed by atoms with Gasteiger partial charge in [0.15, 0.2) is 0 Å². The van der Waals surface area contributed by atoms with Crippen LogP contribution in [-0.2, 0) is 0 Å². The van der Waals surface area contributed by atoms with E-state index >= 15 is 0 Å². The van der Waals surface area contributed by atoms with Gasteiger partial charge in [-0.3, -0.25) is 0 Å². The van der Waals surface area contributed by atoms with E-state index < -0.39 is 0 Å². The number of hydrogen-bond donors (Lipinski definition) is 1. The first-order valence-electron chi connectivity index (χ1n) is 5.21. The third kappa shape index (κ3) is 1.79. The average molecular weight is 261 g/mol. The Morgan fingerprint density at radius 3 is 2.76 bits per heavy atom. The van der Waals surface area contributed by atoms with E-state index in [2.05, 4.69) is 17.5 Å². The molecule has 1 N–H and O–H groups in total. The number of aromatic hydroxyl groups is 1.